The van der Waals surface area contributed by atoms with Crippen LogP contribution < -0.4 is 5.46 Å². The van der Waals surface area contributed by atoms with E-state index in [1.807, 2.05) is 22.7 Å². The molecular formula is C52H41BO2S2. The van der Waals surface area contributed by atoms with E-state index in [2.05, 4.69) is 204 Å². The lowest BCUT2D eigenvalue weighted by molar-refractivity contribution is 0.00578. The van der Waals surface area contributed by atoms with Gasteiger partial charge in [-0.15, -0.1) is 22.7 Å². The highest BCUT2D eigenvalue weighted by atomic mass is 32.1. The molecule has 3 heterocycles. The van der Waals surface area contributed by atoms with Crippen LogP contribution in [0.25, 0.3) is 85.6 Å². The van der Waals surface area contributed by atoms with Crippen molar-refractivity contribution in [3.8, 4) is 64.0 Å². The molecule has 0 atom stereocenters. The van der Waals surface area contributed by atoms with Crippen LogP contribution in [0.5, 0.6) is 0 Å². The van der Waals surface area contributed by atoms with E-state index in [0.717, 1.165) is 5.46 Å². The van der Waals surface area contributed by atoms with Crippen molar-refractivity contribution >= 4 is 56.8 Å². The molecule has 0 radical (unpaired) electrons. The van der Waals surface area contributed by atoms with Crippen molar-refractivity contribution in [2.45, 2.75) is 38.9 Å². The number of hydrogen-bond donors (Lipinski definition) is 0. The minimum atomic E-state index is -0.475. The Morgan fingerprint density at radius 3 is 1.23 bits per heavy atom. The van der Waals surface area contributed by atoms with Gasteiger partial charge >= 0.3 is 7.12 Å². The highest BCUT2D eigenvalue weighted by Gasteiger charge is 2.51. The highest BCUT2D eigenvalue weighted by Crippen LogP contribution is 2.46. The van der Waals surface area contributed by atoms with E-state index in [1.165, 1.54) is 85.6 Å². The average molecular weight is 773 g/mol. The lowest BCUT2D eigenvalue weighted by atomic mass is 9.76. The molecule has 0 saturated carbocycles. The van der Waals surface area contributed by atoms with Gasteiger partial charge in [0.2, 0.25) is 0 Å². The largest absolute Gasteiger partial charge is 0.494 e. The van der Waals surface area contributed by atoms with Gasteiger partial charge in [0.25, 0.3) is 0 Å². The lowest BCUT2D eigenvalue weighted by Crippen LogP contribution is -2.41. The number of fused-ring (bicyclic) bond motifs is 2. The Morgan fingerprint density at radius 2 is 0.737 bits per heavy atom. The van der Waals surface area contributed by atoms with Crippen molar-refractivity contribution in [1.82, 2.24) is 0 Å². The SMILES string of the molecule is CC1(C)OB(c2ccc3c(-c4cccc(-c5ccc(-c6ccccc6)s5)c4)c4ccccc4c(-c4cccc(-c5ccc(-c6ccccc6)s5)c4)c3c2)OC1(C)C. The van der Waals surface area contributed by atoms with Gasteiger partial charge in [-0.2, -0.15) is 0 Å². The quantitative estimate of drug-likeness (QED) is 0.119. The standard InChI is InChI=1S/C52H41BO2S2/c1-51(2)52(3,4)55-53(54-51)40-25-26-43-44(33-40)50(39-22-14-20-37(32-39)48-30-28-46(57-48)35-17-9-6-10-18-35)42-24-12-11-23-41(42)49(43)38-21-13-19-36(31-38)47-29-27-45(56-47)34-15-7-5-8-16-34/h5-33H,1-4H3. The van der Waals surface area contributed by atoms with Crippen LogP contribution in [-0.4, -0.2) is 18.3 Å². The molecule has 0 bridgehead atoms. The monoisotopic (exact) mass is 772 g/mol. The van der Waals surface area contributed by atoms with Gasteiger partial charge in [-0.25, -0.2) is 0 Å². The maximum Gasteiger partial charge on any atom is 0.494 e. The first-order valence-corrected chi connectivity index (χ1v) is 21.2. The van der Waals surface area contributed by atoms with Crippen molar-refractivity contribution in [2.75, 3.05) is 0 Å². The van der Waals surface area contributed by atoms with E-state index in [1.54, 1.807) is 0 Å². The van der Waals surface area contributed by atoms with Crippen LogP contribution in [0.2, 0.25) is 0 Å². The predicted octanol–water partition coefficient (Wildman–Crippen LogP) is 14.4. The first-order valence-electron chi connectivity index (χ1n) is 19.6. The highest BCUT2D eigenvalue weighted by molar-refractivity contribution is 7.19. The number of benzene rings is 7. The van der Waals surface area contributed by atoms with Crippen LogP contribution in [0.4, 0.5) is 0 Å². The van der Waals surface area contributed by atoms with E-state index in [4.69, 9.17) is 9.31 Å². The third kappa shape index (κ3) is 6.45. The first-order chi connectivity index (χ1) is 27.7. The summed E-state index contributed by atoms with van der Waals surface area (Å²) in [5.41, 5.74) is 9.87. The summed E-state index contributed by atoms with van der Waals surface area (Å²) < 4.78 is 13.3. The average Bonchev–Trinajstić information content (AvgIpc) is 3.99. The van der Waals surface area contributed by atoms with Gasteiger partial charge in [0.05, 0.1) is 11.2 Å². The second kappa shape index (κ2) is 14.1. The smallest absolute Gasteiger partial charge is 0.399 e. The van der Waals surface area contributed by atoms with Gasteiger partial charge in [0.15, 0.2) is 0 Å². The molecule has 1 aliphatic rings. The minimum absolute atomic E-state index is 0.444. The molecule has 1 fully saturated rings. The van der Waals surface area contributed by atoms with Crippen molar-refractivity contribution in [1.29, 1.82) is 0 Å². The molecule has 0 amide bonds. The molecule has 0 unspecified atom stereocenters. The molecule has 276 valence electrons. The first kappa shape index (κ1) is 35.8. The molecule has 9 aromatic rings. The van der Waals surface area contributed by atoms with E-state index in [9.17, 15) is 0 Å². The molecule has 1 saturated heterocycles. The Kier molecular flexibility index (Phi) is 8.88. The number of hydrogen-bond acceptors (Lipinski definition) is 4. The summed E-state index contributed by atoms with van der Waals surface area (Å²) in [5, 5.41) is 4.82. The fourth-order valence-corrected chi connectivity index (χ4v) is 10.1. The van der Waals surface area contributed by atoms with Gasteiger partial charge in [-0.1, -0.05) is 140 Å². The van der Waals surface area contributed by atoms with Crippen LogP contribution in [0, 0.1) is 0 Å². The topological polar surface area (TPSA) is 18.5 Å². The van der Waals surface area contributed by atoms with Crippen LogP contribution in [0.3, 0.4) is 0 Å². The van der Waals surface area contributed by atoms with Crippen molar-refractivity contribution in [3.63, 3.8) is 0 Å². The van der Waals surface area contributed by atoms with Gasteiger partial charge in [0.1, 0.15) is 0 Å². The van der Waals surface area contributed by atoms with Crippen molar-refractivity contribution < 1.29 is 9.31 Å². The summed E-state index contributed by atoms with van der Waals surface area (Å²) in [7, 11) is -0.475. The summed E-state index contributed by atoms with van der Waals surface area (Å²) in [5.74, 6) is 0. The van der Waals surface area contributed by atoms with Gasteiger partial charge in [0, 0.05) is 19.5 Å². The van der Waals surface area contributed by atoms with Crippen LogP contribution >= 0.6 is 22.7 Å². The molecule has 0 aliphatic carbocycles. The molecule has 5 heteroatoms. The number of thiophene rings is 2. The van der Waals surface area contributed by atoms with E-state index in [0.29, 0.717) is 0 Å². The lowest BCUT2D eigenvalue weighted by Gasteiger charge is -2.32. The molecule has 0 N–H and O–H groups in total. The Morgan fingerprint density at radius 1 is 0.351 bits per heavy atom. The molecule has 0 spiro atoms. The zero-order valence-electron chi connectivity index (χ0n) is 32.5. The maximum absolute atomic E-state index is 6.64. The van der Waals surface area contributed by atoms with Crippen LogP contribution in [0.15, 0.2) is 176 Å². The minimum Gasteiger partial charge on any atom is -0.399 e. The Labute approximate surface area is 343 Å². The van der Waals surface area contributed by atoms with E-state index < -0.39 is 18.3 Å². The maximum atomic E-state index is 6.64. The number of rotatable bonds is 7. The van der Waals surface area contributed by atoms with Crippen LogP contribution in [0.1, 0.15) is 27.7 Å². The Balaban J connectivity index is 1.16. The second-order valence-electron chi connectivity index (χ2n) is 15.9. The van der Waals surface area contributed by atoms with Crippen molar-refractivity contribution in [3.05, 3.63) is 176 Å². The third-order valence-corrected chi connectivity index (χ3v) is 14.1. The molecule has 2 aromatic heterocycles. The third-order valence-electron chi connectivity index (χ3n) is 11.8. The van der Waals surface area contributed by atoms with Crippen LogP contribution in [-0.2, 0) is 9.31 Å². The van der Waals surface area contributed by atoms with E-state index >= 15 is 0 Å². The molecule has 2 nitrogen and oxygen atoms in total. The molecule has 1 aliphatic heterocycles. The Hall–Kier alpha value is -5.56. The molecular weight excluding hydrogens is 732 g/mol. The molecule has 7 aromatic carbocycles. The summed E-state index contributed by atoms with van der Waals surface area (Å²) >= 11 is 3.67. The Bertz CT molecular complexity index is 2910. The van der Waals surface area contributed by atoms with Gasteiger partial charge < -0.3 is 9.31 Å². The van der Waals surface area contributed by atoms with Gasteiger partial charge in [-0.3, -0.25) is 0 Å². The predicted molar refractivity (Wildman–Crippen MR) is 246 cm³/mol. The zero-order chi connectivity index (χ0) is 38.7. The van der Waals surface area contributed by atoms with Gasteiger partial charge in [-0.05, 0) is 136 Å². The fourth-order valence-electron chi connectivity index (χ4n) is 8.10. The molecule has 57 heavy (non-hydrogen) atoms. The fraction of sp³-hybridized carbons (Fsp3) is 0.115. The molecule has 10 rings (SSSR count). The van der Waals surface area contributed by atoms with Crippen molar-refractivity contribution in [2.24, 2.45) is 0 Å². The summed E-state index contributed by atoms with van der Waals surface area (Å²) in [6.07, 6.45) is 0. The summed E-state index contributed by atoms with van der Waals surface area (Å²) in [6.45, 7) is 8.48. The normalized spacial score (nSPS) is 14.8. The van der Waals surface area contributed by atoms with E-state index in [-0.39, 0.29) is 0 Å². The summed E-state index contributed by atoms with van der Waals surface area (Å²) in [4.78, 5) is 5.04. The summed E-state index contributed by atoms with van der Waals surface area (Å²) in [6, 6.07) is 64.1. The zero-order valence-corrected chi connectivity index (χ0v) is 34.1. The second-order valence-corrected chi connectivity index (χ2v) is 18.1.